The molecule has 0 bridgehead atoms. The van der Waals surface area contributed by atoms with Gasteiger partial charge < -0.3 is 15.4 Å². The molecule has 0 aliphatic heterocycles. The van der Waals surface area contributed by atoms with Gasteiger partial charge in [-0.25, -0.2) is 9.97 Å². The van der Waals surface area contributed by atoms with E-state index >= 15 is 0 Å². The van der Waals surface area contributed by atoms with Gasteiger partial charge in [0.05, 0.1) is 11.4 Å². The lowest BCUT2D eigenvalue weighted by Crippen LogP contribution is -2.14. The number of rotatable bonds is 4. The molecule has 2 aromatic heterocycles. The Morgan fingerprint density at radius 1 is 1.20 bits per heavy atom. The molecule has 1 aliphatic carbocycles. The van der Waals surface area contributed by atoms with Gasteiger partial charge in [-0.1, -0.05) is 0 Å². The first kappa shape index (κ1) is 15.4. The van der Waals surface area contributed by atoms with Crippen molar-refractivity contribution in [2.24, 2.45) is 5.92 Å². The van der Waals surface area contributed by atoms with Gasteiger partial charge in [-0.2, -0.15) is 0 Å². The lowest BCUT2D eigenvalue weighted by Gasteiger charge is -2.07. The highest BCUT2D eigenvalue weighted by Crippen LogP contribution is 2.33. The van der Waals surface area contributed by atoms with E-state index in [-0.39, 0.29) is 17.6 Å². The van der Waals surface area contributed by atoms with Crippen LogP contribution in [-0.4, -0.2) is 26.0 Å². The van der Waals surface area contributed by atoms with Crippen molar-refractivity contribution in [2.45, 2.75) is 19.8 Å². The normalized spacial score (nSPS) is 13.6. The van der Waals surface area contributed by atoms with E-state index in [4.69, 9.17) is 0 Å². The first-order chi connectivity index (χ1) is 12.1. The number of phenolic OH excluding ortho intramolecular Hbond substituents is 1. The molecule has 1 fully saturated rings. The molecule has 3 N–H and O–H groups in total. The predicted octanol–water partition coefficient (Wildman–Crippen LogP) is 3.50. The maximum absolute atomic E-state index is 12.0. The van der Waals surface area contributed by atoms with E-state index in [0.29, 0.717) is 5.82 Å². The summed E-state index contributed by atoms with van der Waals surface area (Å²) in [4.78, 5) is 24.0. The number of aromatic amines is 1. The number of aromatic hydroxyl groups is 1. The minimum Gasteiger partial charge on any atom is -0.508 e. The van der Waals surface area contributed by atoms with E-state index in [0.717, 1.165) is 41.2 Å². The van der Waals surface area contributed by atoms with Crippen LogP contribution in [0.5, 0.6) is 5.75 Å². The molecular formula is C19H18N4O2. The quantitative estimate of drug-likeness (QED) is 0.681. The monoisotopic (exact) mass is 334 g/mol. The lowest BCUT2D eigenvalue weighted by molar-refractivity contribution is -0.117. The number of carbonyl (C=O) groups is 1. The molecule has 25 heavy (non-hydrogen) atoms. The molecule has 2 heterocycles. The smallest absolute Gasteiger partial charge is 0.228 e. The van der Waals surface area contributed by atoms with Crippen LogP contribution in [0.15, 0.2) is 42.6 Å². The van der Waals surface area contributed by atoms with Crippen molar-refractivity contribution in [1.82, 2.24) is 15.0 Å². The van der Waals surface area contributed by atoms with Crippen molar-refractivity contribution in [3.05, 3.63) is 48.4 Å². The summed E-state index contributed by atoms with van der Waals surface area (Å²) in [5.41, 5.74) is 3.44. The molecule has 6 heteroatoms. The Kier molecular flexibility index (Phi) is 3.72. The van der Waals surface area contributed by atoms with Gasteiger partial charge in [0, 0.05) is 23.2 Å². The van der Waals surface area contributed by atoms with Crippen molar-refractivity contribution in [3.8, 4) is 28.3 Å². The van der Waals surface area contributed by atoms with Gasteiger partial charge in [0.1, 0.15) is 17.4 Å². The summed E-state index contributed by atoms with van der Waals surface area (Å²) in [5, 5.41) is 12.4. The first-order valence-corrected chi connectivity index (χ1v) is 8.23. The second-order valence-corrected chi connectivity index (χ2v) is 6.29. The van der Waals surface area contributed by atoms with E-state index < -0.39 is 0 Å². The third kappa shape index (κ3) is 3.24. The molecule has 0 saturated heterocycles. The fourth-order valence-corrected chi connectivity index (χ4v) is 2.76. The summed E-state index contributed by atoms with van der Waals surface area (Å²) in [5.74, 6) is 1.70. The highest BCUT2D eigenvalue weighted by Gasteiger charge is 2.29. The van der Waals surface area contributed by atoms with Gasteiger partial charge >= 0.3 is 0 Å². The number of hydrogen-bond acceptors (Lipinski definition) is 4. The summed E-state index contributed by atoms with van der Waals surface area (Å²) >= 11 is 0. The average molecular weight is 334 g/mol. The van der Waals surface area contributed by atoms with E-state index in [1.165, 1.54) is 0 Å². The van der Waals surface area contributed by atoms with E-state index in [9.17, 15) is 9.90 Å². The Labute approximate surface area is 145 Å². The zero-order valence-corrected chi connectivity index (χ0v) is 13.8. The van der Waals surface area contributed by atoms with Gasteiger partial charge in [-0.3, -0.25) is 4.79 Å². The summed E-state index contributed by atoms with van der Waals surface area (Å²) in [6.45, 7) is 1.89. The van der Waals surface area contributed by atoms with Gasteiger partial charge in [0.2, 0.25) is 5.91 Å². The topological polar surface area (TPSA) is 90.9 Å². The van der Waals surface area contributed by atoms with Crippen LogP contribution in [0.25, 0.3) is 22.5 Å². The molecule has 1 saturated carbocycles. The van der Waals surface area contributed by atoms with Gasteiger partial charge in [-0.15, -0.1) is 0 Å². The van der Waals surface area contributed by atoms with E-state index in [1.807, 2.05) is 31.2 Å². The Hall–Kier alpha value is -3.15. The van der Waals surface area contributed by atoms with E-state index in [1.54, 1.807) is 18.3 Å². The molecule has 1 amide bonds. The lowest BCUT2D eigenvalue weighted by atomic mass is 10.1. The van der Waals surface area contributed by atoms with Crippen molar-refractivity contribution in [2.75, 3.05) is 5.32 Å². The zero-order chi connectivity index (χ0) is 17.4. The van der Waals surface area contributed by atoms with Crippen LogP contribution in [0, 0.1) is 12.8 Å². The molecule has 0 spiro atoms. The van der Waals surface area contributed by atoms with Crippen molar-refractivity contribution in [1.29, 1.82) is 0 Å². The third-order valence-corrected chi connectivity index (χ3v) is 4.21. The minimum absolute atomic E-state index is 0.0293. The number of carbonyl (C=O) groups excluding carboxylic acids is 1. The number of nitrogens with zero attached hydrogens (tertiary/aromatic N) is 2. The molecular weight excluding hydrogens is 316 g/mol. The second kappa shape index (κ2) is 6.05. The summed E-state index contributed by atoms with van der Waals surface area (Å²) < 4.78 is 0. The maximum Gasteiger partial charge on any atom is 0.228 e. The Morgan fingerprint density at radius 3 is 2.68 bits per heavy atom. The third-order valence-electron chi connectivity index (χ3n) is 4.21. The number of aromatic nitrogens is 3. The number of benzene rings is 1. The number of phenols is 1. The molecule has 3 aromatic rings. The zero-order valence-electron chi connectivity index (χ0n) is 13.8. The predicted molar refractivity (Wildman–Crippen MR) is 95.0 cm³/mol. The molecule has 0 unspecified atom stereocenters. The largest absolute Gasteiger partial charge is 0.508 e. The van der Waals surface area contributed by atoms with Crippen LogP contribution < -0.4 is 5.32 Å². The first-order valence-electron chi connectivity index (χ1n) is 8.23. The van der Waals surface area contributed by atoms with Crippen molar-refractivity contribution >= 4 is 11.7 Å². The summed E-state index contributed by atoms with van der Waals surface area (Å²) in [7, 11) is 0. The fourth-order valence-electron chi connectivity index (χ4n) is 2.76. The fraction of sp³-hybridized carbons (Fsp3) is 0.211. The second-order valence-electron chi connectivity index (χ2n) is 6.29. The number of hydrogen-bond donors (Lipinski definition) is 3. The molecule has 6 nitrogen and oxygen atoms in total. The number of pyridine rings is 1. The van der Waals surface area contributed by atoms with Crippen LogP contribution >= 0.6 is 0 Å². The van der Waals surface area contributed by atoms with Crippen LogP contribution in [-0.2, 0) is 4.79 Å². The highest BCUT2D eigenvalue weighted by atomic mass is 16.3. The minimum atomic E-state index is 0.0293. The van der Waals surface area contributed by atoms with Crippen molar-refractivity contribution in [3.63, 3.8) is 0 Å². The molecule has 126 valence electrons. The Bertz CT molecular complexity index is 927. The Balaban J connectivity index is 1.70. The molecule has 0 radical (unpaired) electrons. The van der Waals surface area contributed by atoms with Gasteiger partial charge in [0.25, 0.3) is 0 Å². The van der Waals surface area contributed by atoms with Crippen molar-refractivity contribution < 1.29 is 9.90 Å². The molecule has 1 aromatic carbocycles. The number of H-pyrrole nitrogens is 1. The highest BCUT2D eigenvalue weighted by molar-refractivity contribution is 5.94. The van der Waals surface area contributed by atoms with Crippen LogP contribution in [0.4, 0.5) is 5.82 Å². The van der Waals surface area contributed by atoms with Gasteiger partial charge in [0.15, 0.2) is 0 Å². The molecule has 4 rings (SSSR count). The van der Waals surface area contributed by atoms with Crippen LogP contribution in [0.2, 0.25) is 0 Å². The maximum atomic E-state index is 12.0. The van der Waals surface area contributed by atoms with Gasteiger partial charge in [-0.05, 0) is 56.2 Å². The standard InChI is InChI=1S/C19H18N4O2/c1-11-21-17(12-4-6-15(24)7-5-12)18(22-11)14-8-9-20-16(10-14)23-19(25)13-2-3-13/h4-10,13,24H,2-3H2,1H3,(H,21,22)(H,20,23,25). The molecule has 0 atom stereocenters. The number of amides is 1. The summed E-state index contributed by atoms with van der Waals surface area (Å²) in [6.07, 6.45) is 3.58. The average Bonchev–Trinajstić information content (AvgIpc) is 3.38. The summed E-state index contributed by atoms with van der Waals surface area (Å²) in [6, 6.07) is 10.7. The Morgan fingerprint density at radius 2 is 1.96 bits per heavy atom. The number of aryl methyl sites for hydroxylation is 1. The SMILES string of the molecule is Cc1nc(-c2ccnc(NC(=O)C3CC3)c2)c(-c2ccc(O)cc2)[nH]1. The number of anilines is 1. The van der Waals surface area contributed by atoms with Crippen LogP contribution in [0.1, 0.15) is 18.7 Å². The number of imidazole rings is 1. The molecule has 1 aliphatic rings. The van der Waals surface area contributed by atoms with E-state index in [2.05, 4.69) is 20.3 Å². The van der Waals surface area contributed by atoms with Crippen LogP contribution in [0.3, 0.4) is 0 Å². The number of nitrogens with one attached hydrogen (secondary N) is 2.